The fourth-order valence-electron chi connectivity index (χ4n) is 7.76. The maximum Gasteiger partial charge on any atom is 0.264 e. The van der Waals surface area contributed by atoms with Crippen molar-refractivity contribution in [2.45, 2.75) is 56.1 Å². The summed E-state index contributed by atoms with van der Waals surface area (Å²) in [4.78, 5) is 16.4. The maximum atomic E-state index is 14.5. The van der Waals surface area contributed by atoms with Gasteiger partial charge >= 0.3 is 0 Å². The second-order valence-electron chi connectivity index (χ2n) is 12.9. The van der Waals surface area contributed by atoms with Crippen LogP contribution in [0.5, 0.6) is 5.75 Å². The number of aliphatic hydroxyl groups excluding tert-OH is 1. The first kappa shape index (κ1) is 32.4. The third kappa shape index (κ3) is 5.45. The molecule has 1 unspecified atom stereocenters. The Hall–Kier alpha value is -3.57. The molecule has 0 bridgehead atoms. The smallest absolute Gasteiger partial charge is 0.264 e. The van der Waals surface area contributed by atoms with Gasteiger partial charge in [0.25, 0.3) is 5.91 Å². The van der Waals surface area contributed by atoms with Crippen LogP contribution in [0.1, 0.15) is 36.1 Å². The number of nitrogens with zero attached hydrogens (tertiary/aromatic N) is 4. The molecule has 1 amide bonds. The van der Waals surface area contributed by atoms with Crippen molar-refractivity contribution in [2.24, 2.45) is 5.92 Å². The lowest BCUT2D eigenvalue weighted by atomic mass is 9.82. The lowest BCUT2D eigenvalue weighted by Gasteiger charge is -2.37. The lowest BCUT2D eigenvalue weighted by molar-refractivity contribution is -0.145. The van der Waals surface area contributed by atoms with Gasteiger partial charge in [-0.15, -0.1) is 11.7 Å². The van der Waals surface area contributed by atoms with Gasteiger partial charge in [-0.3, -0.25) is 9.48 Å². The number of hydrogen-bond acceptors (Lipinski definition) is 6. The maximum absolute atomic E-state index is 14.5. The summed E-state index contributed by atoms with van der Waals surface area (Å²) in [6, 6.07) is 24.3. The van der Waals surface area contributed by atoms with Crippen molar-refractivity contribution in [3.63, 3.8) is 0 Å². The second kappa shape index (κ2) is 12.9. The number of aliphatic hydroxyl groups is 1. The Kier molecular flexibility index (Phi) is 9.08. The number of amides is 1. The molecule has 6 rings (SSSR count). The monoisotopic (exact) mass is 700 g/mol. The summed E-state index contributed by atoms with van der Waals surface area (Å²) in [6.07, 6.45) is 4.13. The van der Waals surface area contributed by atoms with E-state index in [0.717, 1.165) is 32.7 Å². The van der Waals surface area contributed by atoms with Gasteiger partial charge in [0.1, 0.15) is 5.75 Å². The first-order chi connectivity index (χ1) is 22.1. The average Bonchev–Trinajstić information content (AvgIpc) is 3.71. The van der Waals surface area contributed by atoms with Crippen molar-refractivity contribution in [3.05, 3.63) is 113 Å². The largest absolute Gasteiger partial charge is 0.497 e. The summed E-state index contributed by atoms with van der Waals surface area (Å²) in [7, 11) is -0.590. The third-order valence-corrected chi connectivity index (χ3v) is 14.9. The molecule has 5 atom stereocenters. The molecule has 0 saturated carbocycles. The summed E-state index contributed by atoms with van der Waals surface area (Å²) in [5, 5.41) is 20.4. The highest BCUT2D eigenvalue weighted by atomic mass is 79.9. The van der Waals surface area contributed by atoms with Gasteiger partial charge in [-0.2, -0.15) is 0 Å². The van der Waals surface area contributed by atoms with Gasteiger partial charge in [-0.25, -0.2) is 0 Å². The highest BCUT2D eigenvalue weighted by Gasteiger charge is 2.66. The zero-order valence-electron chi connectivity index (χ0n) is 26.8. The molecule has 8 nitrogen and oxygen atoms in total. The Balaban J connectivity index is 1.37. The van der Waals surface area contributed by atoms with Crippen LogP contribution in [-0.2, 0) is 21.7 Å². The van der Waals surface area contributed by atoms with E-state index in [-0.39, 0.29) is 36.0 Å². The number of carbonyl (C=O) groups excluding carboxylic acids is 1. The zero-order valence-corrected chi connectivity index (χ0v) is 29.4. The molecule has 10 heteroatoms. The molecule has 2 aliphatic heterocycles. The molecule has 1 N–H and O–H groups in total. The van der Waals surface area contributed by atoms with E-state index in [2.05, 4.69) is 71.0 Å². The van der Waals surface area contributed by atoms with Gasteiger partial charge in [0, 0.05) is 35.2 Å². The number of hydrogen-bond donors (Lipinski definition) is 1. The van der Waals surface area contributed by atoms with Crippen LogP contribution < -0.4 is 14.8 Å². The van der Waals surface area contributed by atoms with E-state index < -0.39 is 13.7 Å². The number of rotatable bonds is 11. The first-order valence-corrected chi connectivity index (χ1v) is 19.6. The normalized spacial score (nSPS) is 23.1. The van der Waals surface area contributed by atoms with Crippen molar-refractivity contribution < 1.29 is 19.4 Å². The summed E-state index contributed by atoms with van der Waals surface area (Å²) in [5.41, 5.74) is 2.49. The third-order valence-electron chi connectivity index (χ3n) is 10.0. The van der Waals surface area contributed by atoms with E-state index in [1.165, 1.54) is 5.19 Å². The molecule has 1 spiro atoms. The van der Waals surface area contributed by atoms with Crippen molar-refractivity contribution in [1.29, 1.82) is 0 Å². The standard InChI is InChI=1S/C36H41BrN4O4Si/c1-6-19-41-32-17-12-26(37)21-30(32)36(35(41)43)24(2)34(46(4,5)28-15-13-27(44-3)14-16-28)33(45-36)18-20-40-22-31(38-39-40)29(23-42)25-10-8-7-9-11-25/h6-17,21-22,24,29,33-34,42H,1,18-20,23H2,2-5H3/t24-,29?,33+,34-,36+/m0/s1. The van der Waals surface area contributed by atoms with Crippen LogP contribution in [0.25, 0.3) is 0 Å². The number of methoxy groups -OCH3 is 1. The zero-order chi connectivity index (χ0) is 32.6. The molecule has 46 heavy (non-hydrogen) atoms. The number of halogens is 1. The van der Waals surface area contributed by atoms with Crippen molar-refractivity contribution >= 4 is 40.8 Å². The van der Waals surface area contributed by atoms with E-state index in [9.17, 15) is 9.90 Å². The molecular formula is C36H41BrN4O4Si. The Morgan fingerprint density at radius 2 is 1.89 bits per heavy atom. The van der Waals surface area contributed by atoms with Gasteiger partial charge in [0.2, 0.25) is 0 Å². The number of benzene rings is 3. The molecule has 3 aromatic carbocycles. The van der Waals surface area contributed by atoms with Gasteiger partial charge in [0.15, 0.2) is 5.60 Å². The topological polar surface area (TPSA) is 89.7 Å². The number of aromatic nitrogens is 3. The Morgan fingerprint density at radius 3 is 2.57 bits per heavy atom. The Bertz CT molecular complexity index is 1710. The predicted molar refractivity (Wildman–Crippen MR) is 186 cm³/mol. The van der Waals surface area contributed by atoms with Crippen molar-refractivity contribution in [1.82, 2.24) is 15.0 Å². The molecule has 4 aromatic rings. The van der Waals surface area contributed by atoms with E-state index in [4.69, 9.17) is 9.47 Å². The van der Waals surface area contributed by atoms with Gasteiger partial charge in [-0.05, 0) is 47.9 Å². The number of carbonyl (C=O) groups is 1. The van der Waals surface area contributed by atoms with Crippen LogP contribution in [0.4, 0.5) is 5.69 Å². The molecule has 3 heterocycles. The summed E-state index contributed by atoms with van der Waals surface area (Å²) in [5.74, 6) is 0.439. The van der Waals surface area contributed by atoms with E-state index >= 15 is 0 Å². The minimum absolute atomic E-state index is 0.0308. The molecule has 0 radical (unpaired) electrons. The summed E-state index contributed by atoms with van der Waals surface area (Å²) < 4.78 is 15.4. The Morgan fingerprint density at radius 1 is 1.15 bits per heavy atom. The molecule has 2 aliphatic rings. The average molecular weight is 702 g/mol. The molecule has 1 saturated heterocycles. The summed E-state index contributed by atoms with van der Waals surface area (Å²) >= 11 is 3.67. The van der Waals surface area contributed by atoms with Crippen LogP contribution >= 0.6 is 15.9 Å². The van der Waals surface area contributed by atoms with Crippen LogP contribution in [0.2, 0.25) is 18.6 Å². The lowest BCUT2D eigenvalue weighted by Crippen LogP contribution is -2.51. The fraction of sp³-hybridized carbons (Fsp3) is 0.361. The van der Waals surface area contributed by atoms with E-state index in [0.29, 0.717) is 19.5 Å². The molecular weight excluding hydrogens is 660 g/mol. The minimum Gasteiger partial charge on any atom is -0.497 e. The Labute approximate surface area is 280 Å². The SMILES string of the molecule is C=CCN1C(=O)[C@]2(O[C@H](CCn3cc(C(CO)c4ccccc4)nn3)[C@@H]([Si](C)(C)c3ccc(OC)cc3)[C@@H]2C)c2cc(Br)ccc21. The fourth-order valence-corrected chi connectivity index (χ4v) is 12.2. The second-order valence-corrected chi connectivity index (χ2v) is 18.5. The van der Waals surface area contributed by atoms with Crippen molar-refractivity contribution in [2.75, 3.05) is 25.2 Å². The number of ether oxygens (including phenoxy) is 2. The van der Waals surface area contributed by atoms with Gasteiger partial charge in [-0.1, -0.05) is 94.9 Å². The highest BCUT2D eigenvalue weighted by Crippen LogP contribution is 2.60. The highest BCUT2D eigenvalue weighted by molar-refractivity contribution is 9.10. The molecule has 0 aliphatic carbocycles. The van der Waals surface area contributed by atoms with Crippen molar-refractivity contribution in [3.8, 4) is 5.75 Å². The van der Waals surface area contributed by atoms with E-state index in [1.807, 2.05) is 70.4 Å². The first-order valence-electron chi connectivity index (χ1n) is 15.8. The quantitative estimate of drug-likeness (QED) is 0.152. The number of anilines is 1. The minimum atomic E-state index is -2.27. The molecule has 1 aromatic heterocycles. The van der Waals surface area contributed by atoms with Gasteiger partial charge < -0.3 is 19.5 Å². The molecule has 1 fully saturated rings. The van der Waals surface area contributed by atoms with Crippen LogP contribution in [0.3, 0.4) is 0 Å². The number of aryl methyl sites for hydroxylation is 1. The van der Waals surface area contributed by atoms with E-state index in [1.54, 1.807) is 13.2 Å². The predicted octanol–water partition coefficient (Wildman–Crippen LogP) is 6.01. The van der Waals surface area contributed by atoms with Crippen LogP contribution in [0.15, 0.2) is 96.1 Å². The van der Waals surface area contributed by atoms with Gasteiger partial charge in [0.05, 0.1) is 45.2 Å². The van der Waals surface area contributed by atoms with Crippen LogP contribution in [0, 0.1) is 5.92 Å². The number of fused-ring (bicyclic) bond motifs is 2. The van der Waals surface area contributed by atoms with Crippen LogP contribution in [-0.4, -0.2) is 60.4 Å². The molecule has 240 valence electrons. The summed E-state index contributed by atoms with van der Waals surface area (Å²) in [6.45, 7) is 11.8.